The van der Waals surface area contributed by atoms with E-state index in [4.69, 9.17) is 0 Å². The van der Waals surface area contributed by atoms with E-state index in [1.54, 1.807) is 0 Å². The fourth-order valence-corrected chi connectivity index (χ4v) is 3.61. The summed E-state index contributed by atoms with van der Waals surface area (Å²) in [6.07, 6.45) is 6.91. The first-order valence-electron chi connectivity index (χ1n) is 7.63. The molecule has 1 atom stereocenters. The molecule has 19 heavy (non-hydrogen) atoms. The first-order chi connectivity index (χ1) is 9.16. The Morgan fingerprint density at radius 2 is 1.89 bits per heavy atom. The smallest absolute Gasteiger partial charge is 0.0207 e. The van der Waals surface area contributed by atoms with Crippen LogP contribution in [0.25, 0.3) is 0 Å². The van der Waals surface area contributed by atoms with Crippen LogP contribution in [0.3, 0.4) is 0 Å². The third kappa shape index (κ3) is 4.61. The zero-order chi connectivity index (χ0) is 13.7. The predicted octanol–water partition coefficient (Wildman–Crippen LogP) is 4.80. The number of hydrogen-bond acceptors (Lipinski definition) is 1. The van der Waals surface area contributed by atoms with Crippen molar-refractivity contribution in [3.8, 4) is 0 Å². The van der Waals surface area contributed by atoms with Crippen molar-refractivity contribution in [1.82, 2.24) is 5.32 Å². The summed E-state index contributed by atoms with van der Waals surface area (Å²) in [4.78, 5) is 0. The topological polar surface area (TPSA) is 12.0 Å². The molecule has 0 bridgehead atoms. The monoisotopic (exact) mass is 323 g/mol. The van der Waals surface area contributed by atoms with Gasteiger partial charge in [-0.3, -0.25) is 0 Å². The summed E-state index contributed by atoms with van der Waals surface area (Å²) in [7, 11) is 0. The average molecular weight is 324 g/mol. The molecule has 1 unspecified atom stereocenters. The Bertz CT molecular complexity index is 383. The lowest BCUT2D eigenvalue weighted by Crippen LogP contribution is -2.33. The standard InChI is InChI=1S/C17H26BrN/c1-13(2)19-12-16(14-7-3-4-8-14)11-15-9-5-6-10-17(15)18/h5-6,9-10,13-14,16,19H,3-4,7-8,11-12H2,1-2H3. The van der Waals surface area contributed by atoms with Crippen LogP contribution >= 0.6 is 15.9 Å². The maximum atomic E-state index is 3.69. The van der Waals surface area contributed by atoms with Crippen LogP contribution in [0.2, 0.25) is 0 Å². The Hall–Kier alpha value is -0.340. The van der Waals surface area contributed by atoms with E-state index in [-0.39, 0.29) is 0 Å². The SMILES string of the molecule is CC(C)NCC(Cc1ccccc1Br)C1CCCC1. The highest BCUT2D eigenvalue weighted by Crippen LogP contribution is 2.34. The molecule has 1 aliphatic rings. The van der Waals surface area contributed by atoms with E-state index in [2.05, 4.69) is 59.4 Å². The molecule has 0 aromatic heterocycles. The van der Waals surface area contributed by atoms with Crippen molar-refractivity contribution in [3.63, 3.8) is 0 Å². The van der Waals surface area contributed by atoms with Gasteiger partial charge >= 0.3 is 0 Å². The molecule has 0 spiro atoms. The highest BCUT2D eigenvalue weighted by atomic mass is 79.9. The summed E-state index contributed by atoms with van der Waals surface area (Å²) in [6.45, 7) is 5.64. The van der Waals surface area contributed by atoms with Gasteiger partial charge in [-0.05, 0) is 36.4 Å². The molecule has 1 fully saturated rings. The second-order valence-corrected chi connectivity index (χ2v) is 7.02. The lowest BCUT2D eigenvalue weighted by molar-refractivity contribution is 0.312. The van der Waals surface area contributed by atoms with Crippen LogP contribution < -0.4 is 5.32 Å². The van der Waals surface area contributed by atoms with Crippen LogP contribution in [0.15, 0.2) is 28.7 Å². The Kier molecular flexibility index (Phi) is 5.90. The number of benzene rings is 1. The molecule has 1 nitrogen and oxygen atoms in total. The lowest BCUT2D eigenvalue weighted by atomic mass is 9.85. The van der Waals surface area contributed by atoms with E-state index in [9.17, 15) is 0 Å². The molecule has 1 aromatic rings. The van der Waals surface area contributed by atoms with Gasteiger partial charge in [-0.25, -0.2) is 0 Å². The molecule has 0 heterocycles. The van der Waals surface area contributed by atoms with Gasteiger partial charge in [0.25, 0.3) is 0 Å². The van der Waals surface area contributed by atoms with Gasteiger partial charge in [0.2, 0.25) is 0 Å². The lowest BCUT2D eigenvalue weighted by Gasteiger charge is -2.25. The summed E-state index contributed by atoms with van der Waals surface area (Å²) < 4.78 is 1.27. The summed E-state index contributed by atoms with van der Waals surface area (Å²) in [5.74, 6) is 1.70. The molecular formula is C17H26BrN. The van der Waals surface area contributed by atoms with Crippen molar-refractivity contribution < 1.29 is 0 Å². The van der Waals surface area contributed by atoms with Gasteiger partial charge < -0.3 is 5.32 Å². The molecule has 1 aromatic carbocycles. The van der Waals surface area contributed by atoms with E-state index < -0.39 is 0 Å². The Labute approximate surface area is 126 Å². The minimum Gasteiger partial charge on any atom is -0.314 e. The first-order valence-corrected chi connectivity index (χ1v) is 8.43. The molecule has 0 amide bonds. The van der Waals surface area contributed by atoms with Crippen LogP contribution in [-0.4, -0.2) is 12.6 Å². The summed E-state index contributed by atoms with van der Waals surface area (Å²) >= 11 is 3.69. The van der Waals surface area contributed by atoms with Crippen molar-refractivity contribution in [2.24, 2.45) is 11.8 Å². The number of rotatable bonds is 6. The average Bonchev–Trinajstić information content (AvgIpc) is 2.90. The van der Waals surface area contributed by atoms with Crippen molar-refractivity contribution in [1.29, 1.82) is 0 Å². The Balaban J connectivity index is 2.02. The summed E-state index contributed by atoms with van der Waals surface area (Å²) in [5.41, 5.74) is 1.46. The molecule has 0 radical (unpaired) electrons. The zero-order valence-corrected chi connectivity index (χ0v) is 13.7. The molecule has 0 saturated heterocycles. The van der Waals surface area contributed by atoms with Crippen molar-refractivity contribution in [2.75, 3.05) is 6.54 Å². The minimum atomic E-state index is 0.586. The van der Waals surface area contributed by atoms with Gasteiger partial charge in [0.1, 0.15) is 0 Å². The van der Waals surface area contributed by atoms with E-state index in [0.717, 1.165) is 18.4 Å². The molecule has 0 aliphatic heterocycles. The second-order valence-electron chi connectivity index (χ2n) is 6.16. The maximum Gasteiger partial charge on any atom is 0.0207 e. The summed E-state index contributed by atoms with van der Waals surface area (Å²) in [6, 6.07) is 9.27. The van der Waals surface area contributed by atoms with Crippen LogP contribution in [0.1, 0.15) is 45.1 Å². The molecule has 1 aliphatic carbocycles. The predicted molar refractivity (Wildman–Crippen MR) is 86.4 cm³/mol. The van der Waals surface area contributed by atoms with E-state index in [1.165, 1.54) is 42.1 Å². The Morgan fingerprint density at radius 3 is 2.53 bits per heavy atom. The van der Waals surface area contributed by atoms with Crippen molar-refractivity contribution in [3.05, 3.63) is 34.3 Å². The Morgan fingerprint density at radius 1 is 1.21 bits per heavy atom. The molecule has 2 heteroatoms. The van der Waals surface area contributed by atoms with Gasteiger partial charge in [0, 0.05) is 10.5 Å². The fraction of sp³-hybridized carbons (Fsp3) is 0.647. The van der Waals surface area contributed by atoms with Crippen LogP contribution in [-0.2, 0) is 6.42 Å². The number of nitrogens with one attached hydrogen (secondary N) is 1. The van der Waals surface area contributed by atoms with Crippen molar-refractivity contribution >= 4 is 15.9 Å². The summed E-state index contributed by atoms with van der Waals surface area (Å²) in [5, 5.41) is 3.65. The van der Waals surface area contributed by atoms with E-state index in [0.29, 0.717) is 6.04 Å². The van der Waals surface area contributed by atoms with Gasteiger partial charge in [-0.2, -0.15) is 0 Å². The van der Waals surface area contributed by atoms with Crippen LogP contribution in [0, 0.1) is 11.8 Å². The molecular weight excluding hydrogens is 298 g/mol. The van der Waals surface area contributed by atoms with E-state index in [1.807, 2.05) is 0 Å². The normalized spacial score (nSPS) is 18.1. The first kappa shape index (κ1) is 15.1. The largest absolute Gasteiger partial charge is 0.314 e. The van der Waals surface area contributed by atoms with Gasteiger partial charge in [-0.15, -0.1) is 0 Å². The third-order valence-corrected chi connectivity index (χ3v) is 5.07. The molecule has 1 saturated carbocycles. The van der Waals surface area contributed by atoms with Gasteiger partial charge in [-0.1, -0.05) is 73.7 Å². The third-order valence-electron chi connectivity index (χ3n) is 4.29. The number of hydrogen-bond donors (Lipinski definition) is 1. The van der Waals surface area contributed by atoms with Crippen LogP contribution in [0.5, 0.6) is 0 Å². The molecule has 2 rings (SSSR count). The maximum absolute atomic E-state index is 3.69. The van der Waals surface area contributed by atoms with E-state index >= 15 is 0 Å². The quantitative estimate of drug-likeness (QED) is 0.793. The van der Waals surface area contributed by atoms with Crippen molar-refractivity contribution in [2.45, 2.75) is 52.0 Å². The highest BCUT2D eigenvalue weighted by Gasteiger charge is 2.25. The second kappa shape index (κ2) is 7.44. The highest BCUT2D eigenvalue weighted by molar-refractivity contribution is 9.10. The van der Waals surface area contributed by atoms with Crippen LogP contribution in [0.4, 0.5) is 0 Å². The van der Waals surface area contributed by atoms with Gasteiger partial charge in [0.05, 0.1) is 0 Å². The van der Waals surface area contributed by atoms with Gasteiger partial charge in [0.15, 0.2) is 0 Å². The molecule has 1 N–H and O–H groups in total. The number of halogens is 1. The molecule has 106 valence electrons. The minimum absolute atomic E-state index is 0.586. The zero-order valence-electron chi connectivity index (χ0n) is 12.2. The fourth-order valence-electron chi connectivity index (χ4n) is 3.17.